The van der Waals surface area contributed by atoms with Gasteiger partial charge in [-0.2, -0.15) is 4.98 Å². The fourth-order valence-corrected chi connectivity index (χ4v) is 2.73. The largest absolute Gasteiger partial charge is 0.496 e. The van der Waals surface area contributed by atoms with E-state index in [2.05, 4.69) is 20.6 Å². The van der Waals surface area contributed by atoms with Crippen LogP contribution >= 0.6 is 11.6 Å². The maximum atomic E-state index is 6.18. The lowest BCUT2D eigenvalue weighted by molar-refractivity contribution is 0.410. The summed E-state index contributed by atoms with van der Waals surface area (Å²) in [5.74, 6) is 2.11. The first kappa shape index (κ1) is 18.0. The maximum absolute atomic E-state index is 6.18. The van der Waals surface area contributed by atoms with Crippen LogP contribution < -0.4 is 15.4 Å². The lowest BCUT2D eigenvalue weighted by Gasteiger charge is -2.12. The number of anilines is 3. The van der Waals surface area contributed by atoms with Gasteiger partial charge in [-0.25, -0.2) is 4.98 Å². The third-order valence-electron chi connectivity index (χ3n) is 3.93. The highest BCUT2D eigenvalue weighted by Crippen LogP contribution is 2.23. The molecule has 0 radical (unpaired) electrons. The summed E-state index contributed by atoms with van der Waals surface area (Å²) in [5.41, 5.74) is 3.80. The van der Waals surface area contributed by atoms with Crippen molar-refractivity contribution in [3.8, 4) is 5.75 Å². The first-order valence-electron chi connectivity index (χ1n) is 8.30. The molecule has 26 heavy (non-hydrogen) atoms. The Morgan fingerprint density at radius 3 is 2.62 bits per heavy atom. The number of para-hydroxylation sites is 1. The summed E-state index contributed by atoms with van der Waals surface area (Å²) in [4.78, 5) is 8.97. The normalized spacial score (nSPS) is 10.5. The third-order valence-corrected chi connectivity index (χ3v) is 4.34. The number of aryl methyl sites for hydroxylation is 2. The first-order chi connectivity index (χ1) is 12.5. The van der Waals surface area contributed by atoms with E-state index >= 15 is 0 Å². The van der Waals surface area contributed by atoms with E-state index in [-0.39, 0.29) is 0 Å². The van der Waals surface area contributed by atoms with Crippen LogP contribution in [0.3, 0.4) is 0 Å². The van der Waals surface area contributed by atoms with E-state index in [9.17, 15) is 0 Å². The molecule has 1 heterocycles. The molecule has 2 aromatic carbocycles. The van der Waals surface area contributed by atoms with E-state index in [0.29, 0.717) is 17.5 Å². The summed E-state index contributed by atoms with van der Waals surface area (Å²) >= 11 is 6.18. The van der Waals surface area contributed by atoms with Gasteiger partial charge in [0.15, 0.2) is 0 Å². The summed E-state index contributed by atoms with van der Waals surface area (Å²) in [6.07, 6.45) is 0. The quantitative estimate of drug-likeness (QED) is 0.633. The average molecular weight is 369 g/mol. The minimum absolute atomic E-state index is 0.521. The van der Waals surface area contributed by atoms with Crippen LogP contribution in [-0.2, 0) is 6.54 Å². The van der Waals surface area contributed by atoms with Crippen LogP contribution in [0.4, 0.5) is 17.5 Å². The molecular formula is C20H21ClN4O. The predicted octanol–water partition coefficient (Wildman–Crippen LogP) is 5.11. The smallest absolute Gasteiger partial charge is 0.229 e. The van der Waals surface area contributed by atoms with Crippen LogP contribution in [0.25, 0.3) is 0 Å². The number of rotatable bonds is 6. The van der Waals surface area contributed by atoms with Crippen molar-refractivity contribution >= 4 is 29.1 Å². The molecule has 0 saturated heterocycles. The summed E-state index contributed by atoms with van der Waals surface area (Å²) in [6.45, 7) is 4.51. The average Bonchev–Trinajstić information content (AvgIpc) is 2.63. The van der Waals surface area contributed by atoms with Gasteiger partial charge in [-0.1, -0.05) is 35.9 Å². The molecule has 0 fully saturated rings. The summed E-state index contributed by atoms with van der Waals surface area (Å²) in [7, 11) is 1.67. The molecule has 134 valence electrons. The number of nitrogens with one attached hydrogen (secondary N) is 2. The van der Waals surface area contributed by atoms with Gasteiger partial charge >= 0.3 is 0 Å². The number of hydrogen-bond acceptors (Lipinski definition) is 5. The number of ether oxygens (including phenoxy) is 1. The second-order valence-corrected chi connectivity index (χ2v) is 6.38. The Hall–Kier alpha value is -2.79. The van der Waals surface area contributed by atoms with Gasteiger partial charge in [0.25, 0.3) is 0 Å². The van der Waals surface area contributed by atoms with Gasteiger partial charge in [0.1, 0.15) is 11.6 Å². The molecular weight excluding hydrogens is 348 g/mol. The fraction of sp³-hybridized carbons (Fsp3) is 0.200. The molecule has 3 rings (SSSR count). The molecule has 0 unspecified atom stereocenters. The van der Waals surface area contributed by atoms with Crippen LogP contribution in [0.15, 0.2) is 48.5 Å². The standard InChI is InChI=1S/C20H21ClN4O/c1-13-8-9-16(11-17(13)21)24-20-23-14(2)10-19(25-20)22-12-15-6-4-5-7-18(15)26-3/h4-11H,12H2,1-3H3,(H2,22,23,24,25). The van der Waals surface area contributed by atoms with E-state index in [1.165, 1.54) is 0 Å². The van der Waals surface area contributed by atoms with Gasteiger partial charge in [-0.05, 0) is 37.6 Å². The molecule has 5 nitrogen and oxygen atoms in total. The second kappa shape index (κ2) is 8.06. The Morgan fingerprint density at radius 2 is 1.85 bits per heavy atom. The van der Waals surface area contributed by atoms with Crippen LogP contribution in [0.2, 0.25) is 5.02 Å². The zero-order valence-corrected chi connectivity index (χ0v) is 15.8. The summed E-state index contributed by atoms with van der Waals surface area (Å²) in [6, 6.07) is 15.6. The molecule has 0 aliphatic rings. The molecule has 2 N–H and O–H groups in total. The Balaban J connectivity index is 1.76. The van der Waals surface area contributed by atoms with Crippen LogP contribution in [0.1, 0.15) is 16.8 Å². The van der Waals surface area contributed by atoms with Crippen molar-refractivity contribution in [2.24, 2.45) is 0 Å². The topological polar surface area (TPSA) is 59.1 Å². The van der Waals surface area contributed by atoms with E-state index < -0.39 is 0 Å². The number of benzene rings is 2. The molecule has 0 saturated carbocycles. The summed E-state index contributed by atoms with van der Waals surface area (Å²) < 4.78 is 5.38. The Morgan fingerprint density at radius 1 is 1.04 bits per heavy atom. The molecule has 1 aromatic heterocycles. The van der Waals surface area contributed by atoms with Crippen molar-refractivity contribution < 1.29 is 4.74 Å². The summed E-state index contributed by atoms with van der Waals surface area (Å²) in [5, 5.41) is 7.23. The SMILES string of the molecule is COc1ccccc1CNc1cc(C)nc(Nc2ccc(C)c(Cl)c2)n1. The van der Waals surface area contributed by atoms with Crippen molar-refractivity contribution in [2.45, 2.75) is 20.4 Å². The molecule has 0 amide bonds. The van der Waals surface area contributed by atoms with Crippen molar-refractivity contribution in [1.82, 2.24) is 9.97 Å². The molecule has 0 bridgehead atoms. The lowest BCUT2D eigenvalue weighted by atomic mass is 10.2. The maximum Gasteiger partial charge on any atom is 0.229 e. The fourth-order valence-electron chi connectivity index (χ4n) is 2.55. The van der Waals surface area contributed by atoms with Gasteiger partial charge in [-0.15, -0.1) is 0 Å². The van der Waals surface area contributed by atoms with E-state index in [4.69, 9.17) is 16.3 Å². The number of hydrogen-bond donors (Lipinski definition) is 2. The van der Waals surface area contributed by atoms with Crippen LogP contribution in [0, 0.1) is 13.8 Å². The van der Waals surface area contributed by atoms with Gasteiger partial charge in [0.05, 0.1) is 7.11 Å². The van der Waals surface area contributed by atoms with Gasteiger partial charge in [0, 0.05) is 34.6 Å². The van der Waals surface area contributed by atoms with Gasteiger partial charge in [-0.3, -0.25) is 0 Å². The molecule has 6 heteroatoms. The number of nitrogens with zero attached hydrogens (tertiary/aromatic N) is 2. The predicted molar refractivity (Wildman–Crippen MR) is 107 cm³/mol. The van der Waals surface area contributed by atoms with E-state index in [1.54, 1.807) is 7.11 Å². The minimum Gasteiger partial charge on any atom is -0.496 e. The van der Waals surface area contributed by atoms with Crippen LogP contribution in [-0.4, -0.2) is 17.1 Å². The third kappa shape index (κ3) is 4.43. The number of methoxy groups -OCH3 is 1. The highest BCUT2D eigenvalue weighted by atomic mass is 35.5. The van der Waals surface area contributed by atoms with Crippen molar-refractivity contribution in [1.29, 1.82) is 0 Å². The number of halogens is 1. The van der Waals surface area contributed by atoms with Gasteiger partial charge in [0.2, 0.25) is 5.95 Å². The number of aromatic nitrogens is 2. The molecule has 0 aliphatic heterocycles. The minimum atomic E-state index is 0.521. The van der Waals surface area contributed by atoms with E-state index in [1.807, 2.05) is 62.4 Å². The van der Waals surface area contributed by atoms with Crippen LogP contribution in [0.5, 0.6) is 5.75 Å². The Bertz CT molecular complexity index is 914. The lowest BCUT2D eigenvalue weighted by Crippen LogP contribution is -2.06. The van der Waals surface area contributed by atoms with Crippen molar-refractivity contribution in [3.63, 3.8) is 0 Å². The molecule has 0 spiro atoms. The zero-order chi connectivity index (χ0) is 18.5. The molecule has 0 atom stereocenters. The van der Waals surface area contributed by atoms with Crippen molar-refractivity contribution in [2.75, 3.05) is 17.7 Å². The monoisotopic (exact) mass is 368 g/mol. The molecule has 3 aromatic rings. The van der Waals surface area contributed by atoms with Gasteiger partial charge < -0.3 is 15.4 Å². The van der Waals surface area contributed by atoms with Crippen molar-refractivity contribution in [3.05, 3.63) is 70.4 Å². The molecule has 0 aliphatic carbocycles. The Kier molecular flexibility index (Phi) is 5.58. The highest BCUT2D eigenvalue weighted by molar-refractivity contribution is 6.31. The highest BCUT2D eigenvalue weighted by Gasteiger charge is 2.06. The zero-order valence-electron chi connectivity index (χ0n) is 15.0. The Labute approximate surface area is 158 Å². The van der Waals surface area contributed by atoms with E-state index in [0.717, 1.165) is 34.1 Å². The first-order valence-corrected chi connectivity index (χ1v) is 8.67. The second-order valence-electron chi connectivity index (χ2n) is 5.97.